The number of aliphatic carboxylic acids is 1. The van der Waals surface area contributed by atoms with Gasteiger partial charge in [-0.2, -0.15) is 13.2 Å². The molecular weight excluding hydrogens is 315 g/mol. The van der Waals surface area contributed by atoms with Gasteiger partial charge in [-0.1, -0.05) is 16.8 Å². The predicted octanol–water partition coefficient (Wildman–Crippen LogP) is 2.71. The molecule has 1 aliphatic rings. The summed E-state index contributed by atoms with van der Waals surface area (Å²) in [4.78, 5) is 11.0. The van der Waals surface area contributed by atoms with E-state index in [1.54, 1.807) is 0 Å². The van der Waals surface area contributed by atoms with Gasteiger partial charge in [0.15, 0.2) is 0 Å². The van der Waals surface area contributed by atoms with Gasteiger partial charge in [-0.3, -0.25) is 4.79 Å². The van der Waals surface area contributed by atoms with Crippen LogP contribution in [-0.4, -0.2) is 34.8 Å². The lowest BCUT2D eigenvalue weighted by atomic mass is 9.89. The summed E-state index contributed by atoms with van der Waals surface area (Å²) in [6, 6.07) is 2.59. The molecule has 0 aliphatic carbocycles. The lowest BCUT2D eigenvalue weighted by molar-refractivity contribution is -0.217. The summed E-state index contributed by atoms with van der Waals surface area (Å²) in [5, 5.41) is 20.4. The van der Waals surface area contributed by atoms with E-state index in [2.05, 4.69) is 5.16 Å². The Kier molecular flexibility index (Phi) is 3.99. The molecule has 0 fully saturated rings. The Morgan fingerprint density at radius 2 is 2.14 bits per heavy atom. The van der Waals surface area contributed by atoms with Crippen LogP contribution in [0.4, 0.5) is 13.2 Å². The van der Waals surface area contributed by atoms with E-state index in [1.807, 2.05) is 0 Å². The van der Waals surface area contributed by atoms with Crippen molar-refractivity contribution in [1.29, 1.82) is 0 Å². The number of rotatable bonds is 2. The van der Waals surface area contributed by atoms with Crippen LogP contribution < -0.4 is 4.74 Å². The third-order valence-electron chi connectivity index (χ3n) is 3.05. The molecule has 9 heteroatoms. The number of benzene rings is 1. The summed E-state index contributed by atoms with van der Waals surface area (Å²) in [6.45, 7) is 0. The quantitative estimate of drug-likeness (QED) is 0.498. The van der Waals surface area contributed by atoms with Crippen molar-refractivity contribution in [2.24, 2.45) is 11.1 Å². The Labute approximate surface area is 121 Å². The van der Waals surface area contributed by atoms with Crippen molar-refractivity contribution in [3.63, 3.8) is 0 Å². The van der Waals surface area contributed by atoms with Crippen LogP contribution in [0.25, 0.3) is 0 Å². The molecular formula is C12H9ClF3NO4. The van der Waals surface area contributed by atoms with E-state index in [1.165, 1.54) is 12.1 Å². The molecule has 1 aromatic carbocycles. The molecule has 2 N–H and O–H groups in total. The van der Waals surface area contributed by atoms with E-state index in [0.29, 0.717) is 0 Å². The van der Waals surface area contributed by atoms with Crippen molar-refractivity contribution in [1.82, 2.24) is 0 Å². The number of carboxylic acid groups (broad SMARTS) is 1. The number of carbonyl (C=O) groups is 1. The molecule has 1 heterocycles. The number of hydrogen-bond donors (Lipinski definition) is 2. The van der Waals surface area contributed by atoms with Crippen LogP contribution in [0.15, 0.2) is 17.3 Å². The second-order valence-corrected chi connectivity index (χ2v) is 4.89. The molecule has 2 unspecified atom stereocenters. The van der Waals surface area contributed by atoms with Crippen molar-refractivity contribution < 1.29 is 33.0 Å². The first-order valence-corrected chi connectivity index (χ1v) is 6.08. The van der Waals surface area contributed by atoms with Crippen LogP contribution in [0.2, 0.25) is 5.02 Å². The Hall–Kier alpha value is -1.96. The standard InChI is InChI=1S/C12H9ClF3NO4/c13-7-1-5-3-8(11(18)19)10(12(14,15)16)21-9(5)6(2-7)4-17-20/h1-2,4,8,10,20H,3H2,(H,18,19). The van der Waals surface area contributed by atoms with Gasteiger partial charge in [0.25, 0.3) is 0 Å². The fourth-order valence-electron chi connectivity index (χ4n) is 2.19. The molecule has 5 nitrogen and oxygen atoms in total. The Morgan fingerprint density at radius 3 is 2.67 bits per heavy atom. The molecule has 114 valence electrons. The third kappa shape index (κ3) is 3.05. The summed E-state index contributed by atoms with van der Waals surface area (Å²) < 4.78 is 43.7. The highest BCUT2D eigenvalue weighted by atomic mass is 35.5. The average Bonchev–Trinajstić information content (AvgIpc) is 2.36. The predicted molar refractivity (Wildman–Crippen MR) is 66.1 cm³/mol. The SMILES string of the molecule is O=C(O)C1Cc2cc(Cl)cc(C=NO)c2OC1C(F)(F)F. The van der Waals surface area contributed by atoms with Gasteiger partial charge in [-0.25, -0.2) is 0 Å². The number of fused-ring (bicyclic) bond motifs is 1. The Morgan fingerprint density at radius 1 is 1.48 bits per heavy atom. The van der Waals surface area contributed by atoms with Crippen molar-refractivity contribution in [2.75, 3.05) is 0 Å². The number of oxime groups is 1. The van der Waals surface area contributed by atoms with E-state index < -0.39 is 24.2 Å². The number of halogens is 4. The van der Waals surface area contributed by atoms with Crippen molar-refractivity contribution in [3.8, 4) is 5.75 Å². The van der Waals surface area contributed by atoms with Gasteiger partial charge in [0.1, 0.15) is 11.7 Å². The van der Waals surface area contributed by atoms with Crippen LogP contribution in [-0.2, 0) is 11.2 Å². The largest absolute Gasteiger partial charge is 0.481 e. The number of carboxylic acids is 1. The smallest absolute Gasteiger partial charge is 0.426 e. The van der Waals surface area contributed by atoms with Crippen LogP contribution in [0.5, 0.6) is 5.75 Å². The van der Waals surface area contributed by atoms with Crippen molar-refractivity contribution in [3.05, 3.63) is 28.3 Å². The maximum Gasteiger partial charge on any atom is 0.426 e. The van der Waals surface area contributed by atoms with E-state index in [4.69, 9.17) is 26.7 Å². The summed E-state index contributed by atoms with van der Waals surface area (Å²) in [6.07, 6.45) is -6.83. The summed E-state index contributed by atoms with van der Waals surface area (Å²) >= 11 is 5.80. The first-order chi connectivity index (χ1) is 9.74. The fraction of sp³-hybridized carbons (Fsp3) is 0.333. The minimum Gasteiger partial charge on any atom is -0.481 e. The van der Waals surface area contributed by atoms with Gasteiger partial charge in [0, 0.05) is 10.6 Å². The zero-order chi connectivity index (χ0) is 15.8. The molecule has 0 radical (unpaired) electrons. The highest BCUT2D eigenvalue weighted by molar-refractivity contribution is 6.31. The summed E-state index contributed by atoms with van der Waals surface area (Å²) in [5.74, 6) is -3.56. The molecule has 0 aromatic heterocycles. The van der Waals surface area contributed by atoms with Crippen LogP contribution in [0, 0.1) is 5.92 Å². The number of alkyl halides is 3. The van der Waals surface area contributed by atoms with E-state index in [9.17, 15) is 18.0 Å². The topological polar surface area (TPSA) is 79.1 Å². The normalized spacial score (nSPS) is 21.9. The second kappa shape index (κ2) is 5.44. The van der Waals surface area contributed by atoms with Crippen LogP contribution in [0.3, 0.4) is 0 Å². The Bertz CT molecular complexity index is 603. The maximum atomic E-state index is 12.9. The molecule has 0 saturated heterocycles. The number of nitrogens with zero attached hydrogens (tertiary/aromatic N) is 1. The molecule has 0 amide bonds. The molecule has 2 rings (SSSR count). The molecule has 1 aliphatic heterocycles. The highest BCUT2D eigenvalue weighted by Crippen LogP contribution is 2.41. The minimum absolute atomic E-state index is 0.0399. The maximum absolute atomic E-state index is 12.9. The van der Waals surface area contributed by atoms with Crippen molar-refractivity contribution in [2.45, 2.75) is 18.7 Å². The van der Waals surface area contributed by atoms with E-state index >= 15 is 0 Å². The van der Waals surface area contributed by atoms with E-state index in [0.717, 1.165) is 6.21 Å². The first kappa shape index (κ1) is 15.4. The molecule has 0 bridgehead atoms. The monoisotopic (exact) mass is 323 g/mol. The van der Waals surface area contributed by atoms with Crippen LogP contribution in [0.1, 0.15) is 11.1 Å². The highest BCUT2D eigenvalue weighted by Gasteiger charge is 2.52. The zero-order valence-corrected chi connectivity index (χ0v) is 11.0. The third-order valence-corrected chi connectivity index (χ3v) is 3.26. The zero-order valence-electron chi connectivity index (χ0n) is 10.3. The van der Waals surface area contributed by atoms with Gasteiger partial charge < -0.3 is 15.1 Å². The number of ether oxygens (including phenoxy) is 1. The average molecular weight is 324 g/mol. The van der Waals surface area contributed by atoms with Crippen LogP contribution >= 0.6 is 11.6 Å². The summed E-state index contributed by atoms with van der Waals surface area (Å²) in [5.41, 5.74) is 0.253. The van der Waals surface area contributed by atoms with Gasteiger partial charge in [-0.05, 0) is 24.1 Å². The second-order valence-electron chi connectivity index (χ2n) is 4.46. The van der Waals surface area contributed by atoms with Crippen molar-refractivity contribution >= 4 is 23.8 Å². The van der Waals surface area contributed by atoms with Gasteiger partial charge >= 0.3 is 12.1 Å². The number of hydrogen-bond acceptors (Lipinski definition) is 4. The Balaban J connectivity index is 2.54. The lowest BCUT2D eigenvalue weighted by Crippen LogP contribution is -2.47. The fourth-order valence-corrected chi connectivity index (χ4v) is 2.44. The summed E-state index contributed by atoms with van der Waals surface area (Å²) in [7, 11) is 0. The van der Waals surface area contributed by atoms with Gasteiger partial charge in [-0.15, -0.1) is 0 Å². The van der Waals surface area contributed by atoms with Gasteiger partial charge in [0.2, 0.25) is 6.10 Å². The van der Waals surface area contributed by atoms with Gasteiger partial charge in [0.05, 0.1) is 6.21 Å². The molecule has 0 spiro atoms. The van der Waals surface area contributed by atoms with E-state index in [-0.39, 0.29) is 28.3 Å². The lowest BCUT2D eigenvalue weighted by Gasteiger charge is -2.33. The molecule has 21 heavy (non-hydrogen) atoms. The molecule has 2 atom stereocenters. The molecule has 0 saturated carbocycles. The minimum atomic E-state index is -4.84. The first-order valence-electron chi connectivity index (χ1n) is 5.70. The molecule has 1 aromatic rings.